The molecule has 0 fully saturated rings. The number of carbonyl (C=O) groups is 2. The lowest BCUT2D eigenvalue weighted by Gasteiger charge is -2.09. The van der Waals surface area contributed by atoms with E-state index < -0.39 is 18.7 Å². The van der Waals surface area contributed by atoms with Crippen molar-refractivity contribution < 1.29 is 27.5 Å². The first-order valence-corrected chi connectivity index (χ1v) is 8.13. The van der Waals surface area contributed by atoms with E-state index in [4.69, 9.17) is 0 Å². The maximum absolute atomic E-state index is 12.2. The highest BCUT2D eigenvalue weighted by atomic mass is 19.4. The summed E-state index contributed by atoms with van der Waals surface area (Å²) in [7, 11) is 0. The average Bonchev–Trinajstić information content (AvgIpc) is 2.64. The van der Waals surface area contributed by atoms with E-state index in [1.165, 1.54) is 18.2 Å². The number of amides is 2. The largest absolute Gasteiger partial charge is 0.468 e. The first kappa shape index (κ1) is 20.2. The molecule has 2 rings (SSSR count). The lowest BCUT2D eigenvalue weighted by molar-refractivity contribution is -0.154. The van der Waals surface area contributed by atoms with Crippen LogP contribution in [0.3, 0.4) is 0 Å². The second-order valence-electron chi connectivity index (χ2n) is 5.58. The molecular weight excluding hydrogens is 363 g/mol. The van der Waals surface area contributed by atoms with E-state index in [1.54, 1.807) is 18.2 Å². The van der Waals surface area contributed by atoms with Crippen molar-refractivity contribution in [1.29, 1.82) is 0 Å². The third-order valence-corrected chi connectivity index (χ3v) is 3.30. The number of carbonyl (C=O) groups excluding carboxylic acids is 2. The molecule has 0 spiro atoms. The van der Waals surface area contributed by atoms with Gasteiger partial charge in [0, 0.05) is 30.1 Å². The minimum Gasteiger partial charge on any atom is -0.468 e. The zero-order valence-electron chi connectivity index (χ0n) is 14.5. The third-order valence-electron chi connectivity index (χ3n) is 3.30. The van der Waals surface area contributed by atoms with Gasteiger partial charge in [-0.1, -0.05) is 13.0 Å². The SMILES string of the molecule is CCCNC(=O)c1cccc(NC(=O)c2ccc(OCC(F)(F)F)nc2)c1. The van der Waals surface area contributed by atoms with E-state index in [2.05, 4.69) is 20.4 Å². The molecule has 0 atom stereocenters. The van der Waals surface area contributed by atoms with E-state index in [-0.39, 0.29) is 17.4 Å². The molecule has 0 bridgehead atoms. The molecule has 0 saturated carbocycles. The second-order valence-corrected chi connectivity index (χ2v) is 5.58. The van der Waals surface area contributed by atoms with Gasteiger partial charge in [-0.05, 0) is 30.7 Å². The van der Waals surface area contributed by atoms with Crippen molar-refractivity contribution in [3.63, 3.8) is 0 Å². The Labute approximate surface area is 153 Å². The number of alkyl halides is 3. The molecule has 2 amide bonds. The number of rotatable bonds is 7. The summed E-state index contributed by atoms with van der Waals surface area (Å²) in [5, 5.41) is 5.34. The number of anilines is 1. The fourth-order valence-electron chi connectivity index (χ4n) is 2.04. The van der Waals surface area contributed by atoms with Crippen LogP contribution in [-0.4, -0.2) is 36.1 Å². The van der Waals surface area contributed by atoms with Gasteiger partial charge in [-0.25, -0.2) is 4.98 Å². The first-order valence-electron chi connectivity index (χ1n) is 8.13. The van der Waals surface area contributed by atoms with Gasteiger partial charge in [-0.15, -0.1) is 0 Å². The van der Waals surface area contributed by atoms with Crippen molar-refractivity contribution in [2.75, 3.05) is 18.5 Å². The smallest absolute Gasteiger partial charge is 0.422 e. The van der Waals surface area contributed by atoms with Crippen molar-refractivity contribution in [2.24, 2.45) is 0 Å². The van der Waals surface area contributed by atoms with Gasteiger partial charge < -0.3 is 15.4 Å². The Kier molecular flexibility index (Phi) is 6.75. The van der Waals surface area contributed by atoms with E-state index in [9.17, 15) is 22.8 Å². The van der Waals surface area contributed by atoms with Gasteiger partial charge in [-0.3, -0.25) is 9.59 Å². The summed E-state index contributed by atoms with van der Waals surface area (Å²) in [5.74, 6) is -1.00. The molecule has 1 aromatic carbocycles. The van der Waals surface area contributed by atoms with E-state index in [0.717, 1.165) is 12.6 Å². The van der Waals surface area contributed by atoms with Gasteiger partial charge in [-0.2, -0.15) is 13.2 Å². The van der Waals surface area contributed by atoms with Crippen molar-refractivity contribution in [3.05, 3.63) is 53.7 Å². The molecule has 0 aliphatic carbocycles. The minimum absolute atomic E-state index is 0.134. The molecule has 1 aromatic heterocycles. The Morgan fingerprint density at radius 3 is 2.52 bits per heavy atom. The summed E-state index contributed by atoms with van der Waals surface area (Å²) < 4.78 is 40.8. The van der Waals surface area contributed by atoms with Crippen LogP contribution in [-0.2, 0) is 0 Å². The van der Waals surface area contributed by atoms with Crippen LogP contribution < -0.4 is 15.4 Å². The van der Waals surface area contributed by atoms with Crippen molar-refractivity contribution in [2.45, 2.75) is 19.5 Å². The molecule has 0 radical (unpaired) electrons. The summed E-state index contributed by atoms with van der Waals surface area (Å²) in [6.07, 6.45) is -2.55. The monoisotopic (exact) mass is 381 g/mol. The summed E-state index contributed by atoms with van der Waals surface area (Å²) in [6.45, 7) is 1.02. The molecule has 0 aliphatic rings. The zero-order chi connectivity index (χ0) is 19.9. The van der Waals surface area contributed by atoms with Crippen molar-refractivity contribution in [3.8, 4) is 5.88 Å². The van der Waals surface area contributed by atoms with Gasteiger partial charge in [0.15, 0.2) is 6.61 Å². The normalized spacial score (nSPS) is 11.0. The Balaban J connectivity index is 1.99. The number of ether oxygens (including phenoxy) is 1. The quantitative estimate of drug-likeness (QED) is 0.770. The summed E-state index contributed by atoms with van der Waals surface area (Å²) >= 11 is 0. The number of halogens is 3. The Hall–Kier alpha value is -3.10. The molecule has 9 heteroatoms. The first-order chi connectivity index (χ1) is 12.8. The zero-order valence-corrected chi connectivity index (χ0v) is 14.5. The molecule has 2 N–H and O–H groups in total. The van der Waals surface area contributed by atoms with Gasteiger partial charge in [0.2, 0.25) is 5.88 Å². The highest BCUT2D eigenvalue weighted by Crippen LogP contribution is 2.17. The van der Waals surface area contributed by atoms with Gasteiger partial charge in [0.1, 0.15) is 0 Å². The lowest BCUT2D eigenvalue weighted by Crippen LogP contribution is -2.24. The number of pyridine rings is 1. The Morgan fingerprint density at radius 1 is 1.11 bits per heavy atom. The van der Waals surface area contributed by atoms with Crippen LogP contribution in [0.1, 0.15) is 34.1 Å². The molecule has 0 saturated heterocycles. The molecule has 6 nitrogen and oxygen atoms in total. The van der Waals surface area contributed by atoms with Crippen LogP contribution in [0.15, 0.2) is 42.6 Å². The predicted molar refractivity (Wildman–Crippen MR) is 92.8 cm³/mol. The average molecular weight is 381 g/mol. The number of nitrogens with zero attached hydrogens (tertiary/aromatic N) is 1. The van der Waals surface area contributed by atoms with Crippen LogP contribution in [0.5, 0.6) is 5.88 Å². The fourth-order valence-corrected chi connectivity index (χ4v) is 2.04. The Bertz CT molecular complexity index is 792. The lowest BCUT2D eigenvalue weighted by atomic mass is 10.1. The Morgan fingerprint density at radius 2 is 1.89 bits per heavy atom. The van der Waals surface area contributed by atoms with Gasteiger partial charge in [0.05, 0.1) is 5.56 Å². The van der Waals surface area contributed by atoms with Crippen molar-refractivity contribution in [1.82, 2.24) is 10.3 Å². The van der Waals surface area contributed by atoms with E-state index >= 15 is 0 Å². The number of aromatic nitrogens is 1. The molecule has 0 unspecified atom stereocenters. The number of hydrogen-bond donors (Lipinski definition) is 2. The number of nitrogens with one attached hydrogen (secondary N) is 2. The highest BCUT2D eigenvalue weighted by molar-refractivity contribution is 6.05. The molecule has 27 heavy (non-hydrogen) atoms. The van der Waals surface area contributed by atoms with Crippen LogP contribution in [0.4, 0.5) is 18.9 Å². The maximum atomic E-state index is 12.2. The summed E-state index contributed by atoms with van der Waals surface area (Å²) in [6, 6.07) is 8.86. The van der Waals surface area contributed by atoms with Crippen LogP contribution in [0.25, 0.3) is 0 Å². The maximum Gasteiger partial charge on any atom is 0.422 e. The molecule has 1 heterocycles. The molecular formula is C18H18F3N3O3. The standard InChI is InChI=1S/C18H18F3N3O3/c1-2-8-22-16(25)12-4-3-5-14(9-12)24-17(26)13-6-7-15(23-10-13)27-11-18(19,20)21/h3-7,9-10H,2,8,11H2,1H3,(H,22,25)(H,24,26). The summed E-state index contributed by atoms with van der Waals surface area (Å²) in [5.41, 5.74) is 0.937. The second kappa shape index (κ2) is 9.02. The predicted octanol–water partition coefficient (Wildman–Crippen LogP) is 3.41. The van der Waals surface area contributed by atoms with Gasteiger partial charge in [0.25, 0.3) is 11.8 Å². The van der Waals surface area contributed by atoms with Gasteiger partial charge >= 0.3 is 6.18 Å². The number of hydrogen-bond acceptors (Lipinski definition) is 4. The van der Waals surface area contributed by atoms with E-state index in [1.807, 2.05) is 6.92 Å². The summed E-state index contributed by atoms with van der Waals surface area (Å²) in [4.78, 5) is 27.9. The highest BCUT2D eigenvalue weighted by Gasteiger charge is 2.28. The van der Waals surface area contributed by atoms with E-state index in [0.29, 0.717) is 17.8 Å². The minimum atomic E-state index is -4.47. The van der Waals surface area contributed by atoms with Crippen LogP contribution in [0.2, 0.25) is 0 Å². The van der Waals surface area contributed by atoms with Crippen LogP contribution in [0, 0.1) is 0 Å². The third kappa shape index (κ3) is 6.61. The molecule has 0 aliphatic heterocycles. The number of benzene rings is 1. The van der Waals surface area contributed by atoms with Crippen molar-refractivity contribution >= 4 is 17.5 Å². The topological polar surface area (TPSA) is 80.3 Å². The molecule has 2 aromatic rings. The molecule has 144 valence electrons. The fraction of sp³-hybridized carbons (Fsp3) is 0.278. The van der Waals surface area contributed by atoms with Crippen LogP contribution >= 0.6 is 0 Å².